The van der Waals surface area contributed by atoms with Gasteiger partial charge in [-0.2, -0.15) is 18.4 Å². The third-order valence-corrected chi connectivity index (χ3v) is 6.05. The number of anilines is 2. The van der Waals surface area contributed by atoms with E-state index in [9.17, 15) is 23.2 Å². The summed E-state index contributed by atoms with van der Waals surface area (Å²) in [7, 11) is 0. The van der Waals surface area contributed by atoms with Gasteiger partial charge in [0, 0.05) is 48.7 Å². The summed E-state index contributed by atoms with van der Waals surface area (Å²) in [6.45, 7) is 1.20. The molecule has 0 saturated carbocycles. The van der Waals surface area contributed by atoms with Crippen LogP contribution in [0.3, 0.4) is 0 Å². The quantitative estimate of drug-likeness (QED) is 0.414. The molecular weight excluding hydrogens is 473 g/mol. The molecule has 5 rings (SSSR count). The topological polar surface area (TPSA) is 125 Å². The Balaban J connectivity index is 1.43. The third-order valence-electron chi connectivity index (χ3n) is 6.05. The number of likely N-dealkylation sites (tertiary alicyclic amines) is 1. The summed E-state index contributed by atoms with van der Waals surface area (Å²) >= 11 is 0. The zero-order chi connectivity index (χ0) is 25.4. The molecule has 0 spiro atoms. The van der Waals surface area contributed by atoms with Crippen LogP contribution in [0.1, 0.15) is 34.1 Å². The van der Waals surface area contributed by atoms with Gasteiger partial charge in [-0.15, -0.1) is 0 Å². The lowest BCUT2D eigenvalue weighted by molar-refractivity contribution is -0.137. The summed E-state index contributed by atoms with van der Waals surface area (Å²) in [5.41, 5.74) is 7.39. The Bertz CT molecular complexity index is 1490. The number of nitrogens with one attached hydrogen (secondary N) is 1. The Kier molecular flexibility index (Phi) is 5.68. The highest BCUT2D eigenvalue weighted by molar-refractivity contribution is 6.04. The molecule has 1 aliphatic rings. The number of amides is 1. The van der Waals surface area contributed by atoms with E-state index in [-0.39, 0.29) is 17.3 Å². The molecule has 3 N–H and O–H groups in total. The van der Waals surface area contributed by atoms with Gasteiger partial charge in [0.1, 0.15) is 28.7 Å². The number of rotatable bonds is 4. The van der Waals surface area contributed by atoms with Crippen LogP contribution in [0.2, 0.25) is 0 Å². The molecule has 1 amide bonds. The van der Waals surface area contributed by atoms with E-state index in [2.05, 4.69) is 21.5 Å². The number of carbonyl (C=O) groups excluding carboxylic acids is 1. The highest BCUT2D eigenvalue weighted by Gasteiger charge is 2.31. The van der Waals surface area contributed by atoms with Gasteiger partial charge < -0.3 is 16.0 Å². The maximum absolute atomic E-state index is 12.9. The number of benzene rings is 1. The van der Waals surface area contributed by atoms with Crippen LogP contribution in [-0.4, -0.2) is 43.2 Å². The van der Waals surface area contributed by atoms with Crippen molar-refractivity contribution in [3.63, 3.8) is 0 Å². The van der Waals surface area contributed by atoms with Gasteiger partial charge in [-0.05, 0) is 30.7 Å². The fourth-order valence-electron chi connectivity index (χ4n) is 4.28. The predicted molar refractivity (Wildman–Crippen MR) is 125 cm³/mol. The lowest BCUT2D eigenvalue weighted by Gasteiger charge is -2.09. The molecule has 0 bridgehead atoms. The van der Waals surface area contributed by atoms with Crippen LogP contribution in [0.15, 0.2) is 55.0 Å². The lowest BCUT2D eigenvalue weighted by Crippen LogP contribution is -2.14. The van der Waals surface area contributed by atoms with Crippen LogP contribution < -0.4 is 11.1 Å². The number of alkyl halides is 3. The first-order chi connectivity index (χ1) is 17.2. The molecule has 12 heteroatoms. The van der Waals surface area contributed by atoms with Crippen molar-refractivity contribution in [3.8, 4) is 17.5 Å². The molecule has 3 aromatic heterocycles. The molecule has 1 aliphatic heterocycles. The minimum Gasteiger partial charge on any atom is -0.382 e. The van der Waals surface area contributed by atoms with Crippen LogP contribution >= 0.6 is 0 Å². The molecule has 0 radical (unpaired) electrons. The van der Waals surface area contributed by atoms with Crippen LogP contribution in [0.25, 0.3) is 16.8 Å². The van der Waals surface area contributed by atoms with E-state index in [1.165, 1.54) is 0 Å². The van der Waals surface area contributed by atoms with Crippen molar-refractivity contribution in [2.45, 2.75) is 18.5 Å². The summed E-state index contributed by atoms with van der Waals surface area (Å²) in [5.74, 6) is 0.291. The van der Waals surface area contributed by atoms with E-state index in [1.807, 2.05) is 4.40 Å². The van der Waals surface area contributed by atoms with Crippen molar-refractivity contribution in [3.05, 3.63) is 71.9 Å². The molecule has 36 heavy (non-hydrogen) atoms. The second-order valence-corrected chi connectivity index (χ2v) is 8.34. The largest absolute Gasteiger partial charge is 0.416 e. The minimum absolute atomic E-state index is 0.0395. The maximum Gasteiger partial charge on any atom is 0.416 e. The first-order valence-electron chi connectivity index (χ1n) is 11.0. The molecule has 1 atom stereocenters. The molecule has 1 aromatic carbocycles. The van der Waals surface area contributed by atoms with Gasteiger partial charge >= 0.3 is 6.18 Å². The molecular formula is C24H19F3N8O. The predicted octanol–water partition coefficient (Wildman–Crippen LogP) is 3.91. The number of pyridine rings is 1. The number of halogens is 3. The Morgan fingerprint density at radius 2 is 1.94 bits per heavy atom. The Morgan fingerprint density at radius 1 is 1.17 bits per heavy atom. The van der Waals surface area contributed by atoms with Gasteiger partial charge in [0.2, 0.25) is 0 Å². The van der Waals surface area contributed by atoms with Crippen molar-refractivity contribution in [1.29, 1.82) is 5.26 Å². The first kappa shape index (κ1) is 23.1. The smallest absolute Gasteiger partial charge is 0.382 e. The molecule has 0 aliphatic carbocycles. The number of hydrogen-bond donors (Lipinski definition) is 2. The number of carbonyl (C=O) groups is 1. The average molecular weight is 492 g/mol. The zero-order valence-corrected chi connectivity index (χ0v) is 18.7. The highest BCUT2D eigenvalue weighted by atomic mass is 19.4. The summed E-state index contributed by atoms with van der Waals surface area (Å²) in [6.07, 6.45) is 2.75. The van der Waals surface area contributed by atoms with E-state index in [0.29, 0.717) is 35.7 Å². The lowest BCUT2D eigenvalue weighted by atomic mass is 10.1. The molecule has 1 fully saturated rings. The molecule has 1 saturated heterocycles. The van der Waals surface area contributed by atoms with Gasteiger partial charge in [0.25, 0.3) is 5.91 Å². The highest BCUT2D eigenvalue weighted by Crippen LogP contribution is 2.34. The van der Waals surface area contributed by atoms with Crippen molar-refractivity contribution in [2.75, 3.05) is 24.1 Å². The fourth-order valence-corrected chi connectivity index (χ4v) is 4.28. The number of nitriles is 1. The summed E-state index contributed by atoms with van der Waals surface area (Å²) in [5, 5.41) is 11.6. The van der Waals surface area contributed by atoms with Gasteiger partial charge in [-0.3, -0.25) is 9.20 Å². The third kappa shape index (κ3) is 4.26. The Hall–Kier alpha value is -4.66. The van der Waals surface area contributed by atoms with Crippen molar-refractivity contribution in [1.82, 2.24) is 24.3 Å². The molecule has 4 aromatic rings. The minimum atomic E-state index is -4.54. The Morgan fingerprint density at radius 3 is 2.64 bits per heavy atom. The molecule has 1 unspecified atom stereocenters. The standard InChI is InChI=1S/C24H19F3N8O/c25-24(26,27)17-5-7-30-18(11-17)32-23(36)15-3-1-14(2-4-15)19-20-21(29)31-8-10-35(20)22(33-19)16-6-9-34(12-16)13-28/h1-5,7-8,10-11,16H,6,9,12H2,(H2,29,31)(H,30,32,36). The molecule has 182 valence electrons. The van der Waals surface area contributed by atoms with Crippen molar-refractivity contribution >= 4 is 23.1 Å². The monoisotopic (exact) mass is 492 g/mol. The number of imidazole rings is 1. The van der Waals surface area contributed by atoms with E-state index in [4.69, 9.17) is 10.7 Å². The maximum atomic E-state index is 12.9. The fraction of sp³-hybridized carbons (Fsp3) is 0.208. The Labute approximate surface area is 203 Å². The van der Waals surface area contributed by atoms with Gasteiger partial charge in [0.15, 0.2) is 6.19 Å². The van der Waals surface area contributed by atoms with Gasteiger partial charge in [-0.25, -0.2) is 15.0 Å². The number of aromatic nitrogens is 4. The normalized spacial score (nSPS) is 15.7. The SMILES string of the molecule is N#CN1CCC(c2nc(-c3ccc(C(=O)Nc4cc(C(F)(F)F)ccn4)cc3)c3c(N)nccn23)C1. The average Bonchev–Trinajstić information content (AvgIpc) is 3.49. The molecule has 4 heterocycles. The number of nitrogens with two attached hydrogens (primary N) is 1. The van der Waals surface area contributed by atoms with E-state index < -0.39 is 17.6 Å². The van der Waals surface area contributed by atoms with Crippen LogP contribution in [-0.2, 0) is 6.18 Å². The second-order valence-electron chi connectivity index (χ2n) is 8.34. The van der Waals surface area contributed by atoms with E-state index >= 15 is 0 Å². The van der Waals surface area contributed by atoms with Crippen molar-refractivity contribution in [2.24, 2.45) is 0 Å². The van der Waals surface area contributed by atoms with Crippen molar-refractivity contribution < 1.29 is 18.0 Å². The van der Waals surface area contributed by atoms with E-state index in [0.717, 1.165) is 30.6 Å². The first-order valence-corrected chi connectivity index (χ1v) is 11.0. The van der Waals surface area contributed by atoms with Crippen LogP contribution in [0.5, 0.6) is 0 Å². The number of nitrogens with zero attached hydrogens (tertiary/aromatic N) is 6. The molecule has 9 nitrogen and oxygen atoms in total. The number of nitrogen functional groups attached to an aromatic ring is 1. The van der Waals surface area contributed by atoms with Crippen LogP contribution in [0.4, 0.5) is 24.8 Å². The van der Waals surface area contributed by atoms with Crippen LogP contribution in [0, 0.1) is 11.5 Å². The second kappa shape index (κ2) is 8.84. The van der Waals surface area contributed by atoms with Gasteiger partial charge in [-0.1, -0.05) is 12.1 Å². The number of hydrogen-bond acceptors (Lipinski definition) is 7. The summed E-state index contributed by atoms with van der Waals surface area (Å²) in [4.78, 5) is 27.1. The summed E-state index contributed by atoms with van der Waals surface area (Å²) in [6, 6.07) is 8.06. The summed E-state index contributed by atoms with van der Waals surface area (Å²) < 4.78 is 40.7. The van der Waals surface area contributed by atoms with E-state index in [1.54, 1.807) is 41.6 Å². The van der Waals surface area contributed by atoms with Gasteiger partial charge in [0.05, 0.1) is 5.56 Å². The number of fused-ring (bicyclic) bond motifs is 1. The zero-order valence-electron chi connectivity index (χ0n) is 18.7.